The number of urea groups is 1. The fourth-order valence-electron chi connectivity index (χ4n) is 4.07. The van der Waals surface area contributed by atoms with Crippen LogP contribution < -0.4 is 15.2 Å². The first-order chi connectivity index (χ1) is 14.7. The van der Waals surface area contributed by atoms with Crippen molar-refractivity contribution in [2.24, 2.45) is 0 Å². The van der Waals surface area contributed by atoms with Crippen LogP contribution >= 0.6 is 0 Å². The van der Waals surface area contributed by atoms with Gasteiger partial charge in [-0.05, 0) is 38.0 Å². The van der Waals surface area contributed by atoms with Gasteiger partial charge in [0.1, 0.15) is 11.5 Å². The molecule has 0 atom stereocenters. The van der Waals surface area contributed by atoms with Crippen molar-refractivity contribution in [1.29, 1.82) is 0 Å². The fraction of sp³-hybridized carbons (Fsp3) is 0.450. The van der Waals surface area contributed by atoms with E-state index < -0.39 is 17.6 Å². The van der Waals surface area contributed by atoms with Gasteiger partial charge in [0.15, 0.2) is 5.82 Å². The van der Waals surface area contributed by atoms with Crippen LogP contribution in [-0.4, -0.2) is 40.6 Å². The Kier molecular flexibility index (Phi) is 5.36. The zero-order valence-electron chi connectivity index (χ0n) is 17.1. The number of halogens is 4. The molecule has 166 valence electrons. The smallest absolute Gasteiger partial charge is 0.324 e. The lowest BCUT2D eigenvalue weighted by Gasteiger charge is -2.45. The molecule has 7 nitrogen and oxygen atoms in total. The molecule has 2 aromatic rings. The molecule has 11 heteroatoms. The average Bonchev–Trinajstić information content (AvgIpc) is 3.25. The molecule has 2 aliphatic rings. The van der Waals surface area contributed by atoms with Gasteiger partial charge < -0.3 is 5.32 Å². The Balaban J connectivity index is 1.72. The van der Waals surface area contributed by atoms with E-state index >= 15 is 0 Å². The van der Waals surface area contributed by atoms with Crippen LogP contribution in [0.2, 0.25) is 0 Å². The maximum Gasteiger partial charge on any atom is 0.419 e. The average molecular weight is 438 g/mol. The van der Waals surface area contributed by atoms with Crippen LogP contribution in [0.15, 0.2) is 24.4 Å². The van der Waals surface area contributed by atoms with Crippen LogP contribution in [0.1, 0.15) is 38.2 Å². The van der Waals surface area contributed by atoms with Crippen LogP contribution in [0.3, 0.4) is 0 Å². The molecule has 1 aromatic carbocycles. The molecule has 1 fully saturated rings. The van der Waals surface area contributed by atoms with Gasteiger partial charge in [0.25, 0.3) is 0 Å². The highest BCUT2D eigenvalue weighted by Crippen LogP contribution is 2.39. The molecular weight excluding hydrogens is 416 g/mol. The summed E-state index contributed by atoms with van der Waals surface area (Å²) in [5, 5.41) is 6.22. The molecule has 31 heavy (non-hydrogen) atoms. The van der Waals surface area contributed by atoms with E-state index in [1.807, 2.05) is 11.9 Å². The largest absolute Gasteiger partial charge is 0.419 e. The zero-order chi connectivity index (χ0) is 22.3. The predicted molar refractivity (Wildman–Crippen MR) is 108 cm³/mol. The minimum Gasteiger partial charge on any atom is -0.324 e. The van der Waals surface area contributed by atoms with Gasteiger partial charge in [-0.1, -0.05) is 12.8 Å². The number of benzene rings is 1. The highest BCUT2D eigenvalue weighted by molar-refractivity contribution is 5.98. The lowest BCUT2D eigenvalue weighted by Crippen LogP contribution is -2.59. The molecule has 1 aliphatic heterocycles. The number of nitrogens with zero attached hydrogens (tertiary/aromatic N) is 5. The fourth-order valence-corrected chi connectivity index (χ4v) is 4.07. The Morgan fingerprint density at radius 1 is 1.23 bits per heavy atom. The summed E-state index contributed by atoms with van der Waals surface area (Å²) in [6.07, 6.45) is 0.557. The van der Waals surface area contributed by atoms with Gasteiger partial charge in [-0.2, -0.15) is 18.2 Å². The molecule has 2 amide bonds. The van der Waals surface area contributed by atoms with E-state index in [0.29, 0.717) is 24.1 Å². The normalized spacial score (nSPS) is 17.4. The SMILES string of the molecule is CCN1C(=O)N(C)c2cnc(Nc3ccc(F)c(C(F)(F)F)c3)nc2N1C1CCCC1. The van der Waals surface area contributed by atoms with E-state index in [4.69, 9.17) is 0 Å². The number of fused-ring (bicyclic) bond motifs is 1. The monoisotopic (exact) mass is 438 g/mol. The molecule has 0 spiro atoms. The maximum atomic E-state index is 13.6. The second kappa shape index (κ2) is 7.86. The third-order valence-electron chi connectivity index (χ3n) is 5.59. The van der Waals surface area contributed by atoms with Crippen LogP contribution in [0.4, 0.5) is 45.5 Å². The molecule has 0 radical (unpaired) electrons. The van der Waals surface area contributed by atoms with Crippen molar-refractivity contribution in [3.63, 3.8) is 0 Å². The summed E-state index contributed by atoms with van der Waals surface area (Å²) in [5.74, 6) is -0.790. The Hall–Kier alpha value is -3.11. The highest BCUT2D eigenvalue weighted by Gasteiger charge is 2.39. The topological polar surface area (TPSA) is 64.6 Å². The molecule has 4 rings (SSSR count). The minimum absolute atomic E-state index is 0.00804. The lowest BCUT2D eigenvalue weighted by atomic mass is 10.2. The van der Waals surface area contributed by atoms with Gasteiger partial charge in [-0.3, -0.25) is 9.91 Å². The first kappa shape index (κ1) is 21.1. The first-order valence-corrected chi connectivity index (χ1v) is 10.1. The number of aromatic nitrogens is 2. The Morgan fingerprint density at radius 3 is 2.58 bits per heavy atom. The summed E-state index contributed by atoms with van der Waals surface area (Å²) in [6, 6.07) is 2.53. The van der Waals surface area contributed by atoms with Crippen molar-refractivity contribution < 1.29 is 22.4 Å². The lowest BCUT2D eigenvalue weighted by molar-refractivity contribution is -0.139. The van der Waals surface area contributed by atoms with Gasteiger partial charge in [0.2, 0.25) is 5.95 Å². The number of rotatable bonds is 4. The third-order valence-corrected chi connectivity index (χ3v) is 5.59. The number of hydrogen-bond acceptors (Lipinski definition) is 5. The molecular formula is C20H22F4N6O. The molecule has 2 heterocycles. The highest BCUT2D eigenvalue weighted by atomic mass is 19.4. The molecule has 1 aliphatic carbocycles. The first-order valence-electron chi connectivity index (χ1n) is 10.1. The van der Waals surface area contributed by atoms with E-state index in [2.05, 4.69) is 15.3 Å². The van der Waals surface area contributed by atoms with Crippen molar-refractivity contribution in [2.75, 3.05) is 28.8 Å². The van der Waals surface area contributed by atoms with Crippen molar-refractivity contribution >= 4 is 29.2 Å². The van der Waals surface area contributed by atoms with Crippen LogP contribution in [0, 0.1) is 5.82 Å². The molecule has 1 N–H and O–H groups in total. The van der Waals surface area contributed by atoms with Gasteiger partial charge in [0.05, 0.1) is 17.8 Å². The second-order valence-corrected chi connectivity index (χ2v) is 7.56. The minimum atomic E-state index is -4.82. The van der Waals surface area contributed by atoms with E-state index in [1.54, 1.807) is 12.1 Å². The van der Waals surface area contributed by atoms with E-state index in [-0.39, 0.29) is 23.7 Å². The number of hydrogen-bond donors (Lipinski definition) is 1. The summed E-state index contributed by atoms with van der Waals surface area (Å²) in [7, 11) is 1.63. The quantitative estimate of drug-likeness (QED) is 0.686. The molecule has 1 saturated carbocycles. The number of carbonyl (C=O) groups excluding carboxylic acids is 1. The molecule has 0 bridgehead atoms. The Labute approximate surface area is 176 Å². The maximum absolute atomic E-state index is 13.6. The number of nitrogens with one attached hydrogen (secondary N) is 1. The van der Waals surface area contributed by atoms with Crippen molar-refractivity contribution in [2.45, 2.75) is 44.8 Å². The van der Waals surface area contributed by atoms with E-state index in [1.165, 1.54) is 17.2 Å². The van der Waals surface area contributed by atoms with E-state index in [0.717, 1.165) is 31.7 Å². The number of alkyl halides is 3. The zero-order valence-corrected chi connectivity index (χ0v) is 17.1. The number of carbonyl (C=O) groups is 1. The summed E-state index contributed by atoms with van der Waals surface area (Å²) in [6.45, 7) is 2.31. The number of hydrazine groups is 1. The van der Waals surface area contributed by atoms with Gasteiger partial charge in [-0.15, -0.1) is 0 Å². The number of anilines is 4. The van der Waals surface area contributed by atoms with Gasteiger partial charge in [-0.25, -0.2) is 19.2 Å². The summed E-state index contributed by atoms with van der Waals surface area (Å²) >= 11 is 0. The predicted octanol–water partition coefficient (Wildman–Crippen LogP) is 4.93. The van der Waals surface area contributed by atoms with Crippen LogP contribution in [0.25, 0.3) is 0 Å². The van der Waals surface area contributed by atoms with Crippen LogP contribution in [-0.2, 0) is 6.18 Å². The summed E-state index contributed by atoms with van der Waals surface area (Å²) in [4.78, 5) is 23.0. The van der Waals surface area contributed by atoms with Crippen molar-refractivity contribution in [1.82, 2.24) is 15.0 Å². The molecule has 0 saturated heterocycles. The Bertz CT molecular complexity index is 992. The second-order valence-electron chi connectivity index (χ2n) is 7.56. The summed E-state index contributed by atoms with van der Waals surface area (Å²) < 4.78 is 52.7. The summed E-state index contributed by atoms with van der Waals surface area (Å²) in [5.41, 5.74) is -0.846. The van der Waals surface area contributed by atoms with Crippen LogP contribution in [0.5, 0.6) is 0 Å². The number of amides is 2. The standard InChI is InChI=1S/C20H22F4N6O/c1-3-29-19(31)28(2)16-11-25-18(27-17(16)30(29)13-6-4-5-7-13)26-12-8-9-15(21)14(10-12)20(22,23)24/h8-11,13H,3-7H2,1-2H3,(H,25,26,27). The molecule has 1 aromatic heterocycles. The van der Waals surface area contributed by atoms with Gasteiger partial charge >= 0.3 is 12.2 Å². The Morgan fingerprint density at radius 2 is 1.94 bits per heavy atom. The molecule has 0 unspecified atom stereocenters. The van der Waals surface area contributed by atoms with Gasteiger partial charge in [0, 0.05) is 19.3 Å². The van der Waals surface area contributed by atoms with Crippen molar-refractivity contribution in [3.05, 3.63) is 35.8 Å². The van der Waals surface area contributed by atoms with E-state index in [9.17, 15) is 22.4 Å². The third kappa shape index (κ3) is 3.84. The van der Waals surface area contributed by atoms with Crippen molar-refractivity contribution in [3.8, 4) is 0 Å².